The fourth-order valence-electron chi connectivity index (χ4n) is 3.06. The van der Waals surface area contributed by atoms with Crippen LogP contribution in [0.3, 0.4) is 0 Å². The SMILES string of the molecule is COC1COCCCC(OO)C2CCC(CO)OC12. The van der Waals surface area contributed by atoms with Crippen LogP contribution in [0.25, 0.3) is 0 Å². The van der Waals surface area contributed by atoms with Gasteiger partial charge in [-0.1, -0.05) is 0 Å². The quantitative estimate of drug-likeness (QED) is 0.587. The molecule has 2 aliphatic rings. The minimum absolute atomic E-state index is 0.00512. The molecule has 0 aromatic rings. The van der Waals surface area contributed by atoms with Crippen LogP contribution in [0.1, 0.15) is 25.7 Å². The number of rotatable bonds is 3. The number of hydrogen-bond acceptors (Lipinski definition) is 6. The van der Waals surface area contributed by atoms with Crippen molar-refractivity contribution in [2.45, 2.75) is 50.1 Å². The van der Waals surface area contributed by atoms with E-state index < -0.39 is 0 Å². The van der Waals surface area contributed by atoms with Gasteiger partial charge in [-0.25, -0.2) is 4.89 Å². The molecular weight excluding hydrogens is 252 g/mol. The fraction of sp³-hybridized carbons (Fsp3) is 1.00. The van der Waals surface area contributed by atoms with Crippen LogP contribution in [0, 0.1) is 5.92 Å². The Labute approximate surface area is 113 Å². The average Bonchev–Trinajstić information content (AvgIpc) is 2.54. The van der Waals surface area contributed by atoms with Gasteiger partial charge in [0.2, 0.25) is 0 Å². The van der Waals surface area contributed by atoms with Gasteiger partial charge in [-0.3, -0.25) is 5.26 Å². The maximum Gasteiger partial charge on any atom is 0.107 e. The van der Waals surface area contributed by atoms with E-state index in [1.807, 2.05) is 0 Å². The van der Waals surface area contributed by atoms with Crippen molar-refractivity contribution < 1.29 is 29.5 Å². The van der Waals surface area contributed by atoms with Gasteiger partial charge in [-0.15, -0.1) is 0 Å². The summed E-state index contributed by atoms with van der Waals surface area (Å²) in [7, 11) is 1.63. The highest BCUT2D eigenvalue weighted by Gasteiger charge is 2.42. The maximum atomic E-state index is 9.27. The summed E-state index contributed by atoms with van der Waals surface area (Å²) in [5.41, 5.74) is 0. The molecule has 19 heavy (non-hydrogen) atoms. The first kappa shape index (κ1) is 15.2. The van der Waals surface area contributed by atoms with Crippen LogP contribution in [-0.2, 0) is 19.1 Å². The van der Waals surface area contributed by atoms with Crippen LogP contribution >= 0.6 is 0 Å². The van der Waals surface area contributed by atoms with E-state index in [1.165, 1.54) is 0 Å². The molecule has 5 unspecified atom stereocenters. The number of ether oxygens (including phenoxy) is 3. The summed E-state index contributed by atoms with van der Waals surface area (Å²) in [5, 5.41) is 18.4. The van der Waals surface area contributed by atoms with Crippen molar-refractivity contribution in [3.8, 4) is 0 Å². The van der Waals surface area contributed by atoms with Gasteiger partial charge in [0, 0.05) is 19.6 Å². The third-order valence-electron chi connectivity index (χ3n) is 4.14. The van der Waals surface area contributed by atoms with Crippen molar-refractivity contribution in [2.24, 2.45) is 5.92 Å². The van der Waals surface area contributed by atoms with E-state index in [1.54, 1.807) is 7.11 Å². The molecule has 5 atom stereocenters. The molecule has 2 N–H and O–H groups in total. The predicted molar refractivity (Wildman–Crippen MR) is 66.8 cm³/mol. The molecule has 0 saturated carbocycles. The van der Waals surface area contributed by atoms with Gasteiger partial charge in [0.15, 0.2) is 0 Å². The second-order valence-electron chi connectivity index (χ2n) is 5.28. The van der Waals surface area contributed by atoms with Crippen molar-refractivity contribution in [1.29, 1.82) is 0 Å². The van der Waals surface area contributed by atoms with Crippen LogP contribution in [0.4, 0.5) is 0 Å². The minimum atomic E-state index is -0.260. The Hall–Kier alpha value is -0.240. The molecule has 2 saturated heterocycles. The molecule has 0 aromatic heterocycles. The largest absolute Gasteiger partial charge is 0.394 e. The molecule has 6 nitrogen and oxygen atoms in total. The zero-order valence-corrected chi connectivity index (χ0v) is 11.4. The third kappa shape index (κ3) is 3.65. The summed E-state index contributed by atoms with van der Waals surface area (Å²) in [6.45, 7) is 1.10. The Morgan fingerprint density at radius 2 is 2.05 bits per heavy atom. The molecule has 2 heterocycles. The van der Waals surface area contributed by atoms with Crippen LogP contribution < -0.4 is 0 Å². The lowest BCUT2D eigenvalue weighted by molar-refractivity contribution is -0.308. The van der Waals surface area contributed by atoms with Crippen molar-refractivity contribution in [2.75, 3.05) is 26.9 Å². The van der Waals surface area contributed by atoms with E-state index in [2.05, 4.69) is 4.89 Å². The van der Waals surface area contributed by atoms with E-state index in [0.29, 0.717) is 13.2 Å². The summed E-state index contributed by atoms with van der Waals surface area (Å²) >= 11 is 0. The normalized spacial score (nSPS) is 40.9. The zero-order valence-electron chi connectivity index (χ0n) is 11.4. The molecule has 0 spiro atoms. The van der Waals surface area contributed by atoms with Gasteiger partial charge in [-0.2, -0.15) is 0 Å². The van der Waals surface area contributed by atoms with E-state index >= 15 is 0 Å². The monoisotopic (exact) mass is 276 g/mol. The van der Waals surface area contributed by atoms with E-state index in [9.17, 15) is 5.11 Å². The predicted octanol–water partition coefficient (Wildman–Crippen LogP) is 0.826. The number of hydrogen-bond donors (Lipinski definition) is 2. The van der Waals surface area contributed by atoms with Crippen molar-refractivity contribution in [1.82, 2.24) is 0 Å². The third-order valence-corrected chi connectivity index (χ3v) is 4.14. The van der Waals surface area contributed by atoms with Gasteiger partial charge in [0.25, 0.3) is 0 Å². The lowest BCUT2D eigenvalue weighted by Crippen LogP contribution is -2.50. The number of aliphatic hydroxyl groups is 1. The van der Waals surface area contributed by atoms with Gasteiger partial charge in [0.05, 0.1) is 31.5 Å². The van der Waals surface area contributed by atoms with Crippen LogP contribution in [0.2, 0.25) is 0 Å². The Morgan fingerprint density at radius 3 is 2.74 bits per heavy atom. The summed E-state index contributed by atoms with van der Waals surface area (Å²) in [6, 6.07) is 0. The van der Waals surface area contributed by atoms with E-state index in [4.69, 9.17) is 19.5 Å². The lowest BCUT2D eigenvalue weighted by atomic mass is 9.83. The molecule has 2 aliphatic heterocycles. The van der Waals surface area contributed by atoms with E-state index in [0.717, 1.165) is 25.7 Å². The van der Waals surface area contributed by atoms with Gasteiger partial charge in [-0.05, 0) is 25.7 Å². The minimum Gasteiger partial charge on any atom is -0.394 e. The molecule has 0 amide bonds. The Morgan fingerprint density at radius 1 is 1.21 bits per heavy atom. The Balaban J connectivity index is 2.14. The summed E-state index contributed by atoms with van der Waals surface area (Å²) in [6.07, 6.45) is 2.36. The highest BCUT2D eigenvalue weighted by molar-refractivity contribution is 4.89. The Kier molecular flexibility index (Phi) is 6.00. The number of fused-ring (bicyclic) bond motifs is 1. The van der Waals surface area contributed by atoms with Crippen LogP contribution in [-0.4, -0.2) is 61.7 Å². The summed E-state index contributed by atoms with van der Waals surface area (Å²) in [4.78, 5) is 4.66. The summed E-state index contributed by atoms with van der Waals surface area (Å²) in [5.74, 6) is 0.0689. The first-order valence-electron chi connectivity index (χ1n) is 6.97. The molecule has 0 bridgehead atoms. The van der Waals surface area contributed by atoms with Crippen molar-refractivity contribution in [3.05, 3.63) is 0 Å². The second kappa shape index (κ2) is 7.52. The van der Waals surface area contributed by atoms with Crippen molar-refractivity contribution >= 4 is 0 Å². The summed E-state index contributed by atoms with van der Waals surface area (Å²) < 4.78 is 17.0. The highest BCUT2D eigenvalue weighted by Crippen LogP contribution is 2.34. The fourth-order valence-corrected chi connectivity index (χ4v) is 3.06. The average molecular weight is 276 g/mol. The maximum absolute atomic E-state index is 9.27. The van der Waals surface area contributed by atoms with Crippen LogP contribution in [0.5, 0.6) is 0 Å². The molecule has 112 valence electrons. The smallest absolute Gasteiger partial charge is 0.107 e. The van der Waals surface area contributed by atoms with Crippen LogP contribution in [0.15, 0.2) is 0 Å². The number of aliphatic hydroxyl groups excluding tert-OH is 1. The van der Waals surface area contributed by atoms with Gasteiger partial charge >= 0.3 is 0 Å². The topological polar surface area (TPSA) is 77.4 Å². The zero-order chi connectivity index (χ0) is 13.7. The van der Waals surface area contributed by atoms with Gasteiger partial charge < -0.3 is 19.3 Å². The van der Waals surface area contributed by atoms with E-state index in [-0.39, 0.29) is 36.9 Å². The standard InChI is InChI=1S/C13H24O6/c1-16-12-8-17-6-2-3-11(19-15)10-5-4-9(7-14)18-13(10)12/h9-15H,2-8H2,1H3. The first-order valence-corrected chi connectivity index (χ1v) is 6.97. The second-order valence-corrected chi connectivity index (χ2v) is 5.28. The molecule has 0 aliphatic carbocycles. The first-order chi connectivity index (χ1) is 9.30. The number of methoxy groups -OCH3 is 1. The van der Waals surface area contributed by atoms with Crippen molar-refractivity contribution in [3.63, 3.8) is 0 Å². The highest BCUT2D eigenvalue weighted by atomic mass is 17.1. The molecule has 0 aromatic carbocycles. The molecule has 0 radical (unpaired) electrons. The molecule has 6 heteroatoms. The lowest BCUT2D eigenvalue weighted by Gasteiger charge is -2.41. The molecular formula is C13H24O6. The molecule has 2 rings (SSSR count). The molecule has 2 fully saturated rings. The van der Waals surface area contributed by atoms with Gasteiger partial charge in [0.1, 0.15) is 6.10 Å². The Bertz CT molecular complexity index is 262.